The minimum absolute atomic E-state index is 0.0861. The van der Waals surface area contributed by atoms with Gasteiger partial charge in [0.2, 0.25) is 17.6 Å². The van der Waals surface area contributed by atoms with E-state index in [1.54, 1.807) is 7.11 Å². The lowest BCUT2D eigenvalue weighted by molar-refractivity contribution is -0.121. The number of aryl methyl sites for hydroxylation is 2. The Bertz CT molecular complexity index is 906. The van der Waals surface area contributed by atoms with E-state index in [1.807, 2.05) is 55.5 Å². The van der Waals surface area contributed by atoms with Crippen LogP contribution in [0.4, 0.5) is 0 Å². The molecule has 0 aliphatic heterocycles. The molecule has 7 heteroatoms. The zero-order chi connectivity index (χ0) is 19.8. The number of ether oxygens (including phenoxy) is 2. The van der Waals surface area contributed by atoms with Gasteiger partial charge >= 0.3 is 0 Å². The van der Waals surface area contributed by atoms with Gasteiger partial charge in [-0.3, -0.25) is 4.79 Å². The monoisotopic (exact) mass is 381 g/mol. The number of methoxy groups -OCH3 is 1. The highest BCUT2D eigenvalue weighted by molar-refractivity contribution is 5.76. The largest absolute Gasteiger partial charge is 0.497 e. The van der Waals surface area contributed by atoms with Gasteiger partial charge < -0.3 is 19.3 Å². The number of nitrogens with one attached hydrogen (secondary N) is 1. The molecule has 3 aromatic rings. The van der Waals surface area contributed by atoms with Crippen LogP contribution < -0.4 is 14.8 Å². The third kappa shape index (κ3) is 5.57. The molecule has 1 aromatic heterocycles. The van der Waals surface area contributed by atoms with Gasteiger partial charge in [0.15, 0.2) is 0 Å². The Labute approximate surface area is 163 Å². The van der Waals surface area contributed by atoms with Gasteiger partial charge in [-0.2, -0.15) is 4.98 Å². The molecule has 0 unspecified atom stereocenters. The van der Waals surface area contributed by atoms with Crippen LogP contribution in [0.2, 0.25) is 0 Å². The van der Waals surface area contributed by atoms with Crippen molar-refractivity contribution in [3.8, 4) is 22.9 Å². The van der Waals surface area contributed by atoms with Gasteiger partial charge in [-0.05, 0) is 48.9 Å². The Kier molecular flexibility index (Phi) is 6.62. The van der Waals surface area contributed by atoms with Crippen molar-refractivity contribution < 1.29 is 18.8 Å². The van der Waals surface area contributed by atoms with E-state index in [0.717, 1.165) is 22.6 Å². The van der Waals surface area contributed by atoms with E-state index in [0.29, 0.717) is 31.3 Å². The zero-order valence-electron chi connectivity index (χ0n) is 16.0. The van der Waals surface area contributed by atoms with E-state index in [-0.39, 0.29) is 12.3 Å². The lowest BCUT2D eigenvalue weighted by Crippen LogP contribution is -2.28. The molecule has 0 bridgehead atoms. The summed E-state index contributed by atoms with van der Waals surface area (Å²) >= 11 is 0. The maximum Gasteiger partial charge on any atom is 0.227 e. The van der Waals surface area contributed by atoms with Crippen LogP contribution in [0.1, 0.15) is 17.9 Å². The molecule has 0 saturated carbocycles. The molecule has 1 N–H and O–H groups in total. The van der Waals surface area contributed by atoms with E-state index in [2.05, 4.69) is 15.5 Å². The highest BCUT2D eigenvalue weighted by Crippen LogP contribution is 2.20. The van der Waals surface area contributed by atoms with Gasteiger partial charge in [0.05, 0.1) is 13.7 Å². The molecular weight excluding hydrogens is 358 g/mol. The lowest BCUT2D eigenvalue weighted by Gasteiger charge is -2.07. The Morgan fingerprint density at radius 2 is 1.96 bits per heavy atom. The Hall–Kier alpha value is -3.35. The smallest absolute Gasteiger partial charge is 0.227 e. The van der Waals surface area contributed by atoms with Crippen LogP contribution in [0.25, 0.3) is 11.4 Å². The minimum Gasteiger partial charge on any atom is -0.497 e. The molecule has 3 rings (SSSR count). The predicted molar refractivity (Wildman–Crippen MR) is 104 cm³/mol. The molecule has 0 aliphatic carbocycles. The highest BCUT2D eigenvalue weighted by Gasteiger charge is 2.11. The van der Waals surface area contributed by atoms with Crippen molar-refractivity contribution in [3.63, 3.8) is 0 Å². The van der Waals surface area contributed by atoms with Crippen LogP contribution in [-0.4, -0.2) is 36.3 Å². The fraction of sp³-hybridized carbons (Fsp3) is 0.286. The second kappa shape index (κ2) is 9.55. The fourth-order valence-electron chi connectivity index (χ4n) is 2.59. The summed E-state index contributed by atoms with van der Waals surface area (Å²) in [6, 6.07) is 15.2. The van der Waals surface area contributed by atoms with E-state index < -0.39 is 0 Å². The maximum absolute atomic E-state index is 12.0. The summed E-state index contributed by atoms with van der Waals surface area (Å²) in [6.07, 6.45) is 0.655. The quantitative estimate of drug-likeness (QED) is 0.573. The number of carbonyl (C=O) groups excluding carboxylic acids is 1. The molecule has 0 saturated heterocycles. The van der Waals surface area contributed by atoms with Crippen LogP contribution >= 0.6 is 0 Å². The molecule has 7 nitrogen and oxygen atoms in total. The Morgan fingerprint density at radius 3 is 2.71 bits per heavy atom. The molecule has 0 atom stereocenters. The van der Waals surface area contributed by atoms with Crippen molar-refractivity contribution in [1.82, 2.24) is 15.5 Å². The summed E-state index contributed by atoms with van der Waals surface area (Å²) in [5.74, 6) is 2.39. The van der Waals surface area contributed by atoms with Crippen LogP contribution in [0.3, 0.4) is 0 Å². The van der Waals surface area contributed by atoms with Gasteiger partial charge in [-0.15, -0.1) is 0 Å². The standard InChI is InChI=1S/C21H23N3O4/c1-15-4-3-5-18(14-15)27-13-12-22-19(25)10-11-20-23-21(24-28-20)16-6-8-17(26-2)9-7-16/h3-9,14H,10-13H2,1-2H3,(H,22,25). The van der Waals surface area contributed by atoms with Crippen molar-refractivity contribution in [1.29, 1.82) is 0 Å². The first kappa shape index (κ1) is 19.4. The van der Waals surface area contributed by atoms with Gasteiger partial charge in [0, 0.05) is 18.4 Å². The van der Waals surface area contributed by atoms with Crippen molar-refractivity contribution in [3.05, 3.63) is 60.0 Å². The van der Waals surface area contributed by atoms with E-state index in [4.69, 9.17) is 14.0 Å². The van der Waals surface area contributed by atoms with E-state index in [1.165, 1.54) is 0 Å². The summed E-state index contributed by atoms with van der Waals surface area (Å²) in [5.41, 5.74) is 1.96. The van der Waals surface area contributed by atoms with Crippen molar-refractivity contribution in [2.24, 2.45) is 0 Å². The number of rotatable bonds is 9. The number of hydrogen-bond acceptors (Lipinski definition) is 6. The van der Waals surface area contributed by atoms with Crippen LogP contribution in [-0.2, 0) is 11.2 Å². The third-order valence-electron chi connectivity index (χ3n) is 4.06. The molecular formula is C21H23N3O4. The first-order valence-electron chi connectivity index (χ1n) is 9.07. The molecule has 1 amide bonds. The van der Waals surface area contributed by atoms with Gasteiger partial charge in [-0.25, -0.2) is 0 Å². The average molecular weight is 381 g/mol. The summed E-state index contributed by atoms with van der Waals surface area (Å²) in [6.45, 7) is 2.86. The van der Waals surface area contributed by atoms with Crippen LogP contribution in [0.15, 0.2) is 53.1 Å². The molecule has 0 aliphatic rings. The molecule has 0 spiro atoms. The van der Waals surface area contributed by atoms with Crippen molar-refractivity contribution in [2.45, 2.75) is 19.8 Å². The molecule has 0 fully saturated rings. The number of aromatic nitrogens is 2. The number of benzene rings is 2. The van der Waals surface area contributed by atoms with Crippen LogP contribution in [0, 0.1) is 6.92 Å². The normalized spacial score (nSPS) is 10.5. The lowest BCUT2D eigenvalue weighted by atomic mass is 10.2. The molecule has 146 valence electrons. The number of carbonyl (C=O) groups is 1. The van der Waals surface area contributed by atoms with Crippen molar-refractivity contribution >= 4 is 5.91 Å². The second-order valence-electron chi connectivity index (χ2n) is 6.26. The first-order valence-corrected chi connectivity index (χ1v) is 9.07. The van der Waals surface area contributed by atoms with E-state index in [9.17, 15) is 4.79 Å². The predicted octanol–water partition coefficient (Wildman–Crippen LogP) is 3.18. The number of amides is 1. The number of hydrogen-bond donors (Lipinski definition) is 1. The Balaban J connectivity index is 1.39. The van der Waals surface area contributed by atoms with Crippen LogP contribution in [0.5, 0.6) is 11.5 Å². The van der Waals surface area contributed by atoms with Gasteiger partial charge in [-0.1, -0.05) is 17.3 Å². The first-order chi connectivity index (χ1) is 13.6. The topological polar surface area (TPSA) is 86.5 Å². The summed E-state index contributed by atoms with van der Waals surface area (Å²) < 4.78 is 16.0. The van der Waals surface area contributed by atoms with E-state index >= 15 is 0 Å². The molecule has 1 heterocycles. The SMILES string of the molecule is COc1ccc(-c2noc(CCC(=O)NCCOc3cccc(C)c3)n2)cc1. The molecule has 2 aromatic carbocycles. The maximum atomic E-state index is 12.0. The fourth-order valence-corrected chi connectivity index (χ4v) is 2.59. The molecule has 0 radical (unpaired) electrons. The summed E-state index contributed by atoms with van der Waals surface area (Å²) in [5, 5.41) is 6.78. The molecule has 28 heavy (non-hydrogen) atoms. The summed E-state index contributed by atoms with van der Waals surface area (Å²) in [7, 11) is 1.61. The summed E-state index contributed by atoms with van der Waals surface area (Å²) in [4.78, 5) is 16.3. The van der Waals surface area contributed by atoms with Gasteiger partial charge in [0.1, 0.15) is 18.1 Å². The Morgan fingerprint density at radius 1 is 1.14 bits per heavy atom. The highest BCUT2D eigenvalue weighted by atomic mass is 16.5. The van der Waals surface area contributed by atoms with Gasteiger partial charge in [0.25, 0.3) is 0 Å². The van der Waals surface area contributed by atoms with Crippen molar-refractivity contribution in [2.75, 3.05) is 20.3 Å². The second-order valence-corrected chi connectivity index (χ2v) is 6.26. The third-order valence-corrected chi connectivity index (χ3v) is 4.06. The number of nitrogens with zero attached hydrogens (tertiary/aromatic N) is 2. The average Bonchev–Trinajstić information content (AvgIpc) is 3.19. The zero-order valence-corrected chi connectivity index (χ0v) is 16.0. The minimum atomic E-state index is -0.0861.